The Bertz CT molecular complexity index is 995. The van der Waals surface area contributed by atoms with E-state index in [1.807, 2.05) is 24.5 Å². The first kappa shape index (κ1) is 21.1. The molecule has 1 amide bonds. The van der Waals surface area contributed by atoms with Crippen LogP contribution in [-0.2, 0) is 17.9 Å². The number of carbonyl (C=O) groups excluding carboxylic acids is 1. The average molecular weight is 435 g/mol. The van der Waals surface area contributed by atoms with E-state index in [1.54, 1.807) is 12.1 Å². The van der Waals surface area contributed by atoms with Crippen LogP contribution in [0.3, 0.4) is 0 Å². The predicted octanol–water partition coefficient (Wildman–Crippen LogP) is 4.71. The van der Waals surface area contributed by atoms with Gasteiger partial charge in [-0.3, -0.25) is 4.79 Å². The third kappa shape index (κ3) is 5.71. The van der Waals surface area contributed by atoms with Gasteiger partial charge in [-0.15, -0.1) is 10.2 Å². The Morgan fingerprint density at radius 3 is 2.69 bits per heavy atom. The summed E-state index contributed by atoms with van der Waals surface area (Å²) in [4.78, 5) is 12.1. The van der Waals surface area contributed by atoms with E-state index in [4.69, 9.17) is 16.3 Å². The number of halogens is 2. The molecular formula is C20H20ClFN4O2S. The highest BCUT2D eigenvalue weighted by molar-refractivity contribution is 7.99. The molecule has 0 radical (unpaired) electrons. The fourth-order valence-electron chi connectivity index (χ4n) is 2.57. The molecule has 0 aliphatic carbocycles. The number of anilines is 1. The first-order valence-corrected chi connectivity index (χ1v) is 10.3. The molecule has 1 heterocycles. The Labute approximate surface area is 177 Å². The number of aromatic nitrogens is 3. The summed E-state index contributed by atoms with van der Waals surface area (Å²) < 4.78 is 20.6. The molecule has 0 fully saturated rings. The number of carbonyl (C=O) groups is 1. The van der Waals surface area contributed by atoms with Crippen molar-refractivity contribution in [1.29, 1.82) is 0 Å². The molecule has 1 aromatic heterocycles. The number of hydrogen-bond acceptors (Lipinski definition) is 5. The van der Waals surface area contributed by atoms with E-state index < -0.39 is 0 Å². The van der Waals surface area contributed by atoms with Gasteiger partial charge in [0.1, 0.15) is 18.2 Å². The van der Waals surface area contributed by atoms with Crippen LogP contribution in [0.5, 0.6) is 5.75 Å². The molecule has 29 heavy (non-hydrogen) atoms. The van der Waals surface area contributed by atoms with E-state index in [0.29, 0.717) is 34.0 Å². The molecule has 1 N–H and O–H groups in total. The van der Waals surface area contributed by atoms with Crippen molar-refractivity contribution < 1.29 is 13.9 Å². The normalized spacial score (nSPS) is 10.8. The van der Waals surface area contributed by atoms with Crippen molar-refractivity contribution in [3.05, 3.63) is 64.7 Å². The number of thioether (sulfide) groups is 1. The molecule has 9 heteroatoms. The summed E-state index contributed by atoms with van der Waals surface area (Å²) in [6.45, 7) is 4.79. The minimum Gasteiger partial charge on any atom is -0.486 e. The fraction of sp³-hybridized carbons (Fsp3) is 0.250. The zero-order chi connectivity index (χ0) is 20.8. The van der Waals surface area contributed by atoms with Crippen LogP contribution in [0.4, 0.5) is 10.1 Å². The van der Waals surface area contributed by atoms with Crippen LogP contribution in [0.15, 0.2) is 47.6 Å². The van der Waals surface area contributed by atoms with Crippen molar-refractivity contribution in [2.75, 3.05) is 11.1 Å². The molecule has 0 saturated carbocycles. The zero-order valence-corrected chi connectivity index (χ0v) is 17.6. The summed E-state index contributed by atoms with van der Waals surface area (Å²) >= 11 is 7.31. The quantitative estimate of drug-likeness (QED) is 0.520. The van der Waals surface area contributed by atoms with Crippen molar-refractivity contribution in [3.8, 4) is 5.75 Å². The number of hydrogen-bond donors (Lipinski definition) is 1. The van der Waals surface area contributed by atoms with Gasteiger partial charge >= 0.3 is 0 Å². The van der Waals surface area contributed by atoms with Gasteiger partial charge in [0, 0.05) is 17.3 Å². The van der Waals surface area contributed by atoms with Gasteiger partial charge in [0.25, 0.3) is 0 Å². The molecule has 3 rings (SSSR count). The van der Waals surface area contributed by atoms with Crippen molar-refractivity contribution in [2.24, 2.45) is 0 Å². The Balaban J connectivity index is 1.57. The van der Waals surface area contributed by atoms with Gasteiger partial charge in [0.15, 0.2) is 11.0 Å². The number of benzene rings is 2. The van der Waals surface area contributed by atoms with Gasteiger partial charge in [-0.05, 0) is 61.9 Å². The standard InChI is InChI=1S/C20H20ClFN4O2S/c1-3-26-18(11-28-16-8-9-17(21)13(2)10-16)24-25-20(26)29-12-19(27)23-15-6-4-14(22)5-7-15/h4-10H,3,11-12H2,1-2H3,(H,23,27). The van der Waals surface area contributed by atoms with Gasteiger partial charge in [0.2, 0.25) is 5.91 Å². The van der Waals surface area contributed by atoms with Crippen molar-refractivity contribution in [3.63, 3.8) is 0 Å². The number of rotatable bonds is 8. The maximum Gasteiger partial charge on any atom is 0.234 e. The van der Waals surface area contributed by atoms with E-state index in [-0.39, 0.29) is 24.1 Å². The molecule has 3 aromatic rings. The van der Waals surface area contributed by atoms with E-state index in [1.165, 1.54) is 36.0 Å². The topological polar surface area (TPSA) is 69.0 Å². The maximum atomic E-state index is 12.9. The summed E-state index contributed by atoms with van der Waals surface area (Å²) in [5, 5.41) is 12.4. The smallest absolute Gasteiger partial charge is 0.234 e. The van der Waals surface area contributed by atoms with Gasteiger partial charge in [0.05, 0.1) is 5.75 Å². The minimum atomic E-state index is -0.350. The SMILES string of the molecule is CCn1c(COc2ccc(Cl)c(C)c2)nnc1SCC(=O)Nc1ccc(F)cc1. The highest BCUT2D eigenvalue weighted by Gasteiger charge is 2.14. The van der Waals surface area contributed by atoms with E-state index in [0.717, 1.165) is 5.56 Å². The van der Waals surface area contributed by atoms with E-state index in [9.17, 15) is 9.18 Å². The molecule has 0 spiro atoms. The van der Waals surface area contributed by atoms with E-state index in [2.05, 4.69) is 15.5 Å². The first-order valence-electron chi connectivity index (χ1n) is 8.95. The lowest BCUT2D eigenvalue weighted by Gasteiger charge is -2.10. The molecule has 0 bridgehead atoms. The van der Waals surface area contributed by atoms with Crippen molar-refractivity contribution in [1.82, 2.24) is 14.8 Å². The van der Waals surface area contributed by atoms with Crippen LogP contribution in [-0.4, -0.2) is 26.4 Å². The molecular weight excluding hydrogens is 415 g/mol. The highest BCUT2D eigenvalue weighted by atomic mass is 35.5. The van der Waals surface area contributed by atoms with Gasteiger partial charge in [-0.1, -0.05) is 23.4 Å². The number of ether oxygens (including phenoxy) is 1. The molecule has 0 aliphatic heterocycles. The Morgan fingerprint density at radius 2 is 2.00 bits per heavy atom. The highest BCUT2D eigenvalue weighted by Crippen LogP contribution is 2.23. The molecule has 0 unspecified atom stereocenters. The molecule has 152 valence electrons. The second kappa shape index (κ2) is 9.76. The Morgan fingerprint density at radius 1 is 1.24 bits per heavy atom. The van der Waals surface area contributed by atoms with Crippen LogP contribution in [0.25, 0.3) is 0 Å². The third-order valence-electron chi connectivity index (χ3n) is 4.07. The van der Waals surface area contributed by atoms with Crippen LogP contribution >= 0.6 is 23.4 Å². The largest absolute Gasteiger partial charge is 0.486 e. The average Bonchev–Trinajstić information content (AvgIpc) is 3.11. The van der Waals surface area contributed by atoms with E-state index >= 15 is 0 Å². The van der Waals surface area contributed by atoms with Crippen LogP contribution < -0.4 is 10.1 Å². The number of amides is 1. The first-order chi connectivity index (χ1) is 14.0. The Hall–Kier alpha value is -2.58. The van der Waals surface area contributed by atoms with Crippen molar-refractivity contribution >= 4 is 35.0 Å². The zero-order valence-electron chi connectivity index (χ0n) is 16.0. The van der Waals surface area contributed by atoms with Crippen LogP contribution in [0.2, 0.25) is 5.02 Å². The molecule has 0 atom stereocenters. The minimum absolute atomic E-state index is 0.159. The fourth-order valence-corrected chi connectivity index (χ4v) is 3.50. The van der Waals surface area contributed by atoms with Crippen LogP contribution in [0.1, 0.15) is 18.3 Å². The monoisotopic (exact) mass is 434 g/mol. The van der Waals surface area contributed by atoms with Crippen molar-refractivity contribution in [2.45, 2.75) is 32.2 Å². The van der Waals surface area contributed by atoms with Crippen LogP contribution in [0, 0.1) is 12.7 Å². The summed E-state index contributed by atoms with van der Waals surface area (Å²) in [7, 11) is 0. The number of nitrogens with one attached hydrogen (secondary N) is 1. The lowest BCUT2D eigenvalue weighted by molar-refractivity contribution is -0.113. The maximum absolute atomic E-state index is 12.9. The molecule has 0 aliphatic rings. The summed E-state index contributed by atoms with van der Waals surface area (Å²) in [5.74, 6) is 0.970. The number of nitrogens with zero attached hydrogens (tertiary/aromatic N) is 3. The lowest BCUT2D eigenvalue weighted by atomic mass is 10.2. The molecule has 0 saturated heterocycles. The predicted molar refractivity (Wildman–Crippen MR) is 112 cm³/mol. The second-order valence-corrected chi connectivity index (χ2v) is 7.54. The summed E-state index contributed by atoms with van der Waals surface area (Å²) in [6.07, 6.45) is 0. The number of aryl methyl sites for hydroxylation is 1. The molecule has 6 nitrogen and oxygen atoms in total. The molecule has 2 aromatic carbocycles. The van der Waals surface area contributed by atoms with Gasteiger partial charge in [-0.25, -0.2) is 4.39 Å². The Kier molecular flexibility index (Phi) is 7.11. The summed E-state index contributed by atoms with van der Waals surface area (Å²) in [6, 6.07) is 11.1. The van der Waals surface area contributed by atoms with Gasteiger partial charge in [-0.2, -0.15) is 0 Å². The third-order valence-corrected chi connectivity index (χ3v) is 5.46. The van der Waals surface area contributed by atoms with Gasteiger partial charge < -0.3 is 14.6 Å². The second-order valence-electron chi connectivity index (χ2n) is 6.19. The lowest BCUT2D eigenvalue weighted by Crippen LogP contribution is -2.15. The summed E-state index contributed by atoms with van der Waals surface area (Å²) in [5.41, 5.74) is 1.48.